The molecule has 0 radical (unpaired) electrons. The van der Waals surface area contributed by atoms with Crippen molar-refractivity contribution in [2.24, 2.45) is 29.0 Å². The molecule has 390 valence electrons. The summed E-state index contributed by atoms with van der Waals surface area (Å²) in [5, 5.41) is 25.7. The highest BCUT2D eigenvalue weighted by Gasteiger charge is 2.30. The van der Waals surface area contributed by atoms with Crippen molar-refractivity contribution in [2.45, 2.75) is 64.5 Å². The Bertz CT molecular complexity index is 2550. The van der Waals surface area contributed by atoms with E-state index in [2.05, 4.69) is 60.2 Å². The minimum Gasteiger partial charge on any atom is -0.378 e. The van der Waals surface area contributed by atoms with Crippen molar-refractivity contribution in [1.82, 2.24) is 50.4 Å². The fraction of sp³-hybridized carbons (Fsp3) is 0.531. The van der Waals surface area contributed by atoms with Gasteiger partial charge in [-0.15, -0.1) is 20.4 Å². The predicted molar refractivity (Wildman–Crippen MR) is 272 cm³/mol. The third-order valence-electron chi connectivity index (χ3n) is 13.7. The van der Waals surface area contributed by atoms with Crippen LogP contribution in [0.5, 0.6) is 0 Å². The number of hydrogen-bond donors (Lipinski definition) is 6. The smallest absolute Gasteiger partial charge is 0.317 e. The number of benzene rings is 2. The topological polar surface area (TPSA) is 312 Å². The first-order chi connectivity index (χ1) is 35.3. The normalized spacial score (nSPS) is 19.6. The van der Waals surface area contributed by atoms with Crippen LogP contribution in [-0.2, 0) is 9.47 Å². The molecular weight excluding hydrogens is 939 g/mol. The summed E-state index contributed by atoms with van der Waals surface area (Å²) in [4.78, 5) is 80.7. The van der Waals surface area contributed by atoms with Gasteiger partial charge in [0.25, 0.3) is 23.6 Å². The number of carbonyl (C=O) groups excluding carboxylic acids is 5. The second kappa shape index (κ2) is 24.4. The lowest BCUT2D eigenvalue weighted by Gasteiger charge is -2.37. The zero-order valence-corrected chi connectivity index (χ0v) is 41.6. The molecule has 5 aliphatic rings. The van der Waals surface area contributed by atoms with Crippen LogP contribution in [-0.4, -0.2) is 179 Å². The summed E-state index contributed by atoms with van der Waals surface area (Å²) >= 11 is 0. The molecule has 73 heavy (non-hydrogen) atoms. The Balaban J connectivity index is 0.000000204. The molecule has 9 N–H and O–H groups in total. The Morgan fingerprint density at radius 3 is 1.47 bits per heavy atom. The van der Waals surface area contributed by atoms with Gasteiger partial charge in [0.2, 0.25) is 11.9 Å². The first-order valence-corrected chi connectivity index (χ1v) is 25.2. The van der Waals surface area contributed by atoms with E-state index in [1.807, 2.05) is 14.7 Å². The molecule has 5 saturated heterocycles. The van der Waals surface area contributed by atoms with Gasteiger partial charge >= 0.3 is 6.03 Å². The molecule has 24 heteroatoms. The molecule has 7 heterocycles. The van der Waals surface area contributed by atoms with Crippen molar-refractivity contribution in [1.29, 1.82) is 0 Å². The van der Waals surface area contributed by atoms with Crippen molar-refractivity contribution in [2.75, 3.05) is 112 Å². The van der Waals surface area contributed by atoms with Crippen LogP contribution in [0.15, 0.2) is 48.5 Å². The van der Waals surface area contributed by atoms with Crippen LogP contribution in [0.3, 0.4) is 0 Å². The minimum atomic E-state index is -0.756. The summed E-state index contributed by atoms with van der Waals surface area (Å²) in [6.07, 6.45) is 5.67. The van der Waals surface area contributed by atoms with Gasteiger partial charge in [0, 0.05) is 100 Å². The summed E-state index contributed by atoms with van der Waals surface area (Å²) in [5.74, 6) is 0.853. The molecule has 0 unspecified atom stereocenters. The third kappa shape index (κ3) is 13.6. The lowest BCUT2D eigenvalue weighted by Crippen LogP contribution is -2.53. The first kappa shape index (κ1) is 52.0. The average Bonchev–Trinajstić information content (AvgIpc) is 3.41. The van der Waals surface area contributed by atoms with E-state index in [-0.39, 0.29) is 53.0 Å². The molecule has 5 fully saturated rings. The number of urea groups is 1. The molecule has 5 aliphatic heterocycles. The van der Waals surface area contributed by atoms with Gasteiger partial charge in [-0.2, -0.15) is 9.97 Å². The molecule has 9 rings (SSSR count). The minimum absolute atomic E-state index is 0.0231. The maximum atomic E-state index is 13.0. The number of carbonyl (C=O) groups is 5. The average molecular weight is 1010 g/mol. The highest BCUT2D eigenvalue weighted by molar-refractivity contribution is 5.98. The lowest BCUT2D eigenvalue weighted by atomic mass is 9.87. The van der Waals surface area contributed by atoms with E-state index < -0.39 is 11.8 Å². The molecule has 2 aromatic carbocycles. The van der Waals surface area contributed by atoms with E-state index >= 15 is 0 Å². The number of nitrogens with zero attached hydrogens (tertiary/aromatic N) is 11. The molecule has 24 nitrogen and oxygen atoms in total. The molecular formula is C49H67N17O7. The Morgan fingerprint density at radius 1 is 0.575 bits per heavy atom. The van der Waals surface area contributed by atoms with Crippen LogP contribution in [0.1, 0.15) is 94.1 Å². The van der Waals surface area contributed by atoms with Gasteiger partial charge in [-0.05, 0) is 98.9 Å². The molecule has 0 bridgehead atoms. The second-order valence-corrected chi connectivity index (χ2v) is 19.2. The summed E-state index contributed by atoms with van der Waals surface area (Å²) in [6.45, 7) is 13.1. The second-order valence-electron chi connectivity index (χ2n) is 19.2. The van der Waals surface area contributed by atoms with Crippen LogP contribution in [0, 0.1) is 11.8 Å². The first-order valence-electron chi connectivity index (χ1n) is 25.2. The number of likely N-dealkylation sites (tertiary alicyclic amines) is 1. The summed E-state index contributed by atoms with van der Waals surface area (Å²) in [5.41, 5.74) is 19.3. The van der Waals surface area contributed by atoms with E-state index in [1.54, 1.807) is 58.3 Å². The fourth-order valence-corrected chi connectivity index (χ4v) is 9.48. The van der Waals surface area contributed by atoms with Gasteiger partial charge in [0.1, 0.15) is 0 Å². The highest BCUT2D eigenvalue weighted by atomic mass is 16.5. The summed E-state index contributed by atoms with van der Waals surface area (Å²) in [7, 11) is 0. The molecule has 2 aromatic heterocycles. The zero-order valence-electron chi connectivity index (χ0n) is 41.6. The Labute approximate surface area is 424 Å². The summed E-state index contributed by atoms with van der Waals surface area (Å²) in [6, 6.07) is 13.9. The lowest BCUT2D eigenvalue weighted by molar-refractivity contribution is 0.0301. The quantitative estimate of drug-likeness (QED) is 0.119. The van der Waals surface area contributed by atoms with Crippen LogP contribution in [0.25, 0.3) is 0 Å². The number of anilines is 6. The molecule has 0 aliphatic carbocycles. The number of primary amides is 2. The molecule has 2 atom stereocenters. The van der Waals surface area contributed by atoms with Gasteiger partial charge in [-0.25, -0.2) is 4.79 Å². The maximum Gasteiger partial charge on any atom is 0.317 e. The van der Waals surface area contributed by atoms with Gasteiger partial charge in [0.15, 0.2) is 23.0 Å². The Kier molecular flexibility index (Phi) is 17.4. The molecule has 4 aromatic rings. The van der Waals surface area contributed by atoms with Crippen molar-refractivity contribution >= 4 is 64.6 Å². The fourth-order valence-electron chi connectivity index (χ4n) is 9.48. The van der Waals surface area contributed by atoms with Crippen molar-refractivity contribution in [3.8, 4) is 0 Å². The number of piperidine rings is 3. The number of nitrogens with one attached hydrogen (secondary N) is 3. The largest absolute Gasteiger partial charge is 0.378 e. The number of ether oxygens (including phenoxy) is 2. The van der Waals surface area contributed by atoms with Crippen LogP contribution < -0.4 is 43.0 Å². The Hall–Kier alpha value is -7.31. The Morgan fingerprint density at radius 2 is 1.03 bits per heavy atom. The van der Waals surface area contributed by atoms with Crippen LogP contribution in [0.2, 0.25) is 0 Å². The number of hydrogen-bond acceptors (Lipinski definition) is 18. The van der Waals surface area contributed by atoms with Crippen molar-refractivity contribution in [3.05, 3.63) is 71.0 Å². The van der Waals surface area contributed by atoms with Crippen molar-refractivity contribution < 1.29 is 33.4 Å². The number of nitrogens with two attached hydrogens (primary N) is 3. The summed E-state index contributed by atoms with van der Waals surface area (Å²) < 4.78 is 10.6. The number of morpholine rings is 2. The van der Waals surface area contributed by atoms with E-state index in [0.717, 1.165) is 58.2 Å². The van der Waals surface area contributed by atoms with E-state index in [9.17, 15) is 24.0 Å². The maximum absolute atomic E-state index is 13.0. The molecule has 6 amide bonds. The molecule has 0 spiro atoms. The number of aromatic nitrogens is 6. The van der Waals surface area contributed by atoms with E-state index in [0.29, 0.717) is 118 Å². The predicted octanol–water partition coefficient (Wildman–Crippen LogP) is 2.35. The third-order valence-corrected chi connectivity index (χ3v) is 13.7. The SMILES string of the molecule is CC(C)C1CCN(C(=O)N[C@@H]2CCCN(c3nnc(C(N)=O)c(Nc4ccc(C(=O)N5CCOCC5)cc4)n3)C2)CC1.NC(=O)c1nnc(N2CCC[C@@H](N)C2)nc1Nc1ccc(C(=O)N2CCOCC2)cc1. The highest BCUT2D eigenvalue weighted by Crippen LogP contribution is 2.27. The van der Waals surface area contributed by atoms with Gasteiger partial charge < -0.3 is 67.1 Å². The monoisotopic (exact) mass is 1010 g/mol. The van der Waals surface area contributed by atoms with E-state index in [1.165, 1.54) is 0 Å². The number of amides is 6. The van der Waals surface area contributed by atoms with E-state index in [4.69, 9.17) is 26.7 Å². The van der Waals surface area contributed by atoms with Crippen LogP contribution >= 0.6 is 0 Å². The molecule has 0 saturated carbocycles. The zero-order chi connectivity index (χ0) is 51.4. The van der Waals surface area contributed by atoms with Gasteiger partial charge in [0.05, 0.1) is 26.4 Å². The standard InChI is InChI=1S/C29H41N9O4.C20H26N8O3/c1-19(2)20-9-12-37(13-10-20)29(41)32-23-4-3-11-38(18-23)28-33-26(24(25(30)39)34-35-28)31-22-7-5-21(6-8-22)27(40)36-14-16-42-17-15-36;21-14-2-1-7-28(12-14)20-24-18(16(17(22)29)25-26-20)23-15-5-3-13(4-6-15)19(30)27-8-10-31-11-9-27/h5-8,19-20,23H,3-4,9-18H2,1-2H3,(H2,30,39)(H,32,41)(H,31,33,35);3-6,14H,1-2,7-12,21H2,(H2,22,29)(H,23,24,26)/t23-;14-/m11/s1. The van der Waals surface area contributed by atoms with Gasteiger partial charge in [-0.3, -0.25) is 19.2 Å². The van der Waals surface area contributed by atoms with Crippen molar-refractivity contribution in [3.63, 3.8) is 0 Å². The van der Waals surface area contributed by atoms with Crippen LogP contribution in [0.4, 0.5) is 39.7 Å². The number of rotatable bonds is 12. The van der Waals surface area contributed by atoms with Gasteiger partial charge in [-0.1, -0.05) is 13.8 Å².